The summed E-state index contributed by atoms with van der Waals surface area (Å²) < 4.78 is 50.7. The Morgan fingerprint density at radius 3 is 2.50 bits per heavy atom. The number of rotatable bonds is 9. The number of carbonyl (C=O) groups is 1. The molecule has 0 radical (unpaired) electrons. The zero-order valence-corrected chi connectivity index (χ0v) is 16.2. The molecule has 24 heavy (non-hydrogen) atoms. The van der Waals surface area contributed by atoms with Crippen molar-refractivity contribution in [3.8, 4) is 0 Å². The average molecular weight is 407 g/mol. The van der Waals surface area contributed by atoms with E-state index in [9.17, 15) is 21.6 Å². The first-order valence-corrected chi connectivity index (χ1v) is 10.9. The second kappa shape index (κ2) is 10.5. The van der Waals surface area contributed by atoms with Gasteiger partial charge in [0.1, 0.15) is 0 Å². The third kappa shape index (κ3) is 7.62. The van der Waals surface area contributed by atoms with Crippen LogP contribution in [0.25, 0.3) is 0 Å². The second-order valence-corrected chi connectivity index (χ2v) is 9.57. The molecule has 0 aromatic carbocycles. The number of piperidine rings is 1. The number of nitrogens with two attached hydrogens (primary N) is 1. The highest BCUT2D eigenvalue weighted by atomic mass is 35.5. The molecule has 0 aliphatic carbocycles. The van der Waals surface area contributed by atoms with Gasteiger partial charge in [0.25, 0.3) is 0 Å². The van der Waals surface area contributed by atoms with Crippen LogP contribution in [-0.4, -0.2) is 71.3 Å². The Labute approximate surface area is 150 Å². The molecule has 9 nitrogen and oxygen atoms in total. The maximum Gasteiger partial charge on any atom is 0.224 e. The lowest BCUT2D eigenvalue weighted by Gasteiger charge is -2.31. The zero-order chi connectivity index (χ0) is 17.5. The molecular weight excluding hydrogens is 380 g/mol. The Balaban J connectivity index is 0.00000529. The Hall–Kier alpha value is -0.460. The minimum absolute atomic E-state index is 0. The van der Waals surface area contributed by atoms with Gasteiger partial charge in [-0.2, -0.15) is 0 Å². The minimum Gasteiger partial charge on any atom is -0.355 e. The third-order valence-corrected chi connectivity index (χ3v) is 6.90. The van der Waals surface area contributed by atoms with E-state index in [0.29, 0.717) is 32.5 Å². The molecule has 1 rings (SSSR count). The van der Waals surface area contributed by atoms with Crippen molar-refractivity contribution in [2.75, 3.05) is 44.2 Å². The summed E-state index contributed by atoms with van der Waals surface area (Å²) >= 11 is 0. The summed E-state index contributed by atoms with van der Waals surface area (Å²) in [5, 5.41) is 2.67. The first-order chi connectivity index (χ1) is 10.7. The van der Waals surface area contributed by atoms with Gasteiger partial charge in [-0.3, -0.25) is 4.79 Å². The summed E-state index contributed by atoms with van der Waals surface area (Å²) in [5.74, 6) is -0.997. The fraction of sp³-hybridized carbons (Fsp3) is 0.917. The predicted octanol–water partition coefficient (Wildman–Crippen LogP) is -1.54. The molecule has 144 valence electrons. The summed E-state index contributed by atoms with van der Waals surface area (Å²) in [7, 11) is -7.02. The van der Waals surface area contributed by atoms with Crippen molar-refractivity contribution in [2.45, 2.75) is 19.8 Å². The molecule has 1 aliphatic rings. The SMILES string of the molecule is CCS(=O)(=O)NCCS(=O)(=O)N1CCCC(C(=O)NCCN)C1.Cl. The van der Waals surface area contributed by atoms with Crippen LogP contribution in [-0.2, 0) is 24.8 Å². The highest BCUT2D eigenvalue weighted by Gasteiger charge is 2.32. The van der Waals surface area contributed by atoms with Gasteiger partial charge in [0, 0.05) is 32.7 Å². The lowest BCUT2D eigenvalue weighted by molar-refractivity contribution is -0.126. The van der Waals surface area contributed by atoms with Crippen LogP contribution in [0, 0.1) is 5.92 Å². The number of nitrogens with zero attached hydrogens (tertiary/aromatic N) is 1. The molecule has 4 N–H and O–H groups in total. The molecule has 0 aromatic rings. The van der Waals surface area contributed by atoms with Crippen molar-refractivity contribution in [2.24, 2.45) is 11.7 Å². The molecule has 1 fully saturated rings. The molecule has 1 amide bonds. The largest absolute Gasteiger partial charge is 0.355 e. The van der Waals surface area contributed by atoms with Gasteiger partial charge in [0.15, 0.2) is 0 Å². The summed E-state index contributed by atoms with van der Waals surface area (Å²) in [4.78, 5) is 11.9. The van der Waals surface area contributed by atoms with Crippen LogP contribution >= 0.6 is 12.4 Å². The standard InChI is InChI=1S/C12H26N4O5S2.ClH/c1-2-22(18,19)15-7-9-23(20,21)16-8-3-4-11(10-16)12(17)14-6-5-13;/h11,15H,2-10,13H2,1H3,(H,14,17);1H. The van der Waals surface area contributed by atoms with E-state index in [0.717, 1.165) is 0 Å². The molecular formula is C12H27ClN4O5S2. The van der Waals surface area contributed by atoms with Crippen LogP contribution in [0.1, 0.15) is 19.8 Å². The monoisotopic (exact) mass is 406 g/mol. The number of amides is 1. The Bertz CT molecular complexity index is 597. The second-order valence-electron chi connectivity index (χ2n) is 5.39. The van der Waals surface area contributed by atoms with Crippen LogP contribution in [0.5, 0.6) is 0 Å². The quantitative estimate of drug-likeness (QED) is 0.424. The molecule has 12 heteroatoms. The number of halogens is 1. The summed E-state index contributed by atoms with van der Waals surface area (Å²) in [6.45, 7) is 2.48. The average Bonchev–Trinajstić information content (AvgIpc) is 2.52. The molecule has 0 bridgehead atoms. The van der Waals surface area contributed by atoms with E-state index in [2.05, 4.69) is 10.0 Å². The van der Waals surface area contributed by atoms with Crippen LogP contribution in [0.3, 0.4) is 0 Å². The van der Waals surface area contributed by atoms with Gasteiger partial charge in [0.05, 0.1) is 17.4 Å². The van der Waals surface area contributed by atoms with Gasteiger partial charge >= 0.3 is 0 Å². The molecule has 1 atom stereocenters. The van der Waals surface area contributed by atoms with Gasteiger partial charge in [-0.15, -0.1) is 12.4 Å². The Morgan fingerprint density at radius 1 is 1.25 bits per heavy atom. The van der Waals surface area contributed by atoms with Gasteiger partial charge in [-0.25, -0.2) is 25.9 Å². The van der Waals surface area contributed by atoms with E-state index < -0.39 is 26.0 Å². The van der Waals surface area contributed by atoms with Crippen molar-refractivity contribution in [3.05, 3.63) is 0 Å². The third-order valence-electron chi connectivity index (χ3n) is 3.65. The lowest BCUT2D eigenvalue weighted by Crippen LogP contribution is -2.47. The van der Waals surface area contributed by atoms with E-state index in [1.807, 2.05) is 0 Å². The van der Waals surface area contributed by atoms with Gasteiger partial charge in [-0.05, 0) is 19.8 Å². The topological polar surface area (TPSA) is 139 Å². The van der Waals surface area contributed by atoms with E-state index in [-0.39, 0.29) is 42.9 Å². The van der Waals surface area contributed by atoms with E-state index in [1.54, 1.807) is 0 Å². The summed E-state index contributed by atoms with van der Waals surface area (Å²) in [6.07, 6.45) is 1.23. The Morgan fingerprint density at radius 2 is 1.92 bits per heavy atom. The predicted molar refractivity (Wildman–Crippen MR) is 94.9 cm³/mol. The molecule has 1 heterocycles. The van der Waals surface area contributed by atoms with Crippen molar-refractivity contribution < 1.29 is 21.6 Å². The van der Waals surface area contributed by atoms with Crippen LogP contribution in [0.2, 0.25) is 0 Å². The lowest BCUT2D eigenvalue weighted by atomic mass is 9.99. The highest BCUT2D eigenvalue weighted by molar-refractivity contribution is 7.90. The summed E-state index contributed by atoms with van der Waals surface area (Å²) in [6, 6.07) is 0. The van der Waals surface area contributed by atoms with Gasteiger partial charge in [-0.1, -0.05) is 0 Å². The highest BCUT2D eigenvalue weighted by Crippen LogP contribution is 2.19. The van der Waals surface area contributed by atoms with Crippen molar-refractivity contribution in [1.82, 2.24) is 14.3 Å². The van der Waals surface area contributed by atoms with E-state index >= 15 is 0 Å². The number of hydrogen-bond acceptors (Lipinski definition) is 6. The number of sulfonamides is 2. The van der Waals surface area contributed by atoms with Crippen molar-refractivity contribution >= 4 is 38.4 Å². The fourth-order valence-electron chi connectivity index (χ4n) is 2.31. The van der Waals surface area contributed by atoms with Crippen LogP contribution in [0.15, 0.2) is 0 Å². The zero-order valence-electron chi connectivity index (χ0n) is 13.7. The molecule has 0 saturated carbocycles. The maximum absolute atomic E-state index is 12.3. The molecule has 1 unspecified atom stereocenters. The van der Waals surface area contributed by atoms with Crippen molar-refractivity contribution in [1.29, 1.82) is 0 Å². The fourth-order valence-corrected chi connectivity index (χ4v) is 4.49. The van der Waals surface area contributed by atoms with Gasteiger partial charge in [0.2, 0.25) is 26.0 Å². The first kappa shape index (κ1) is 23.5. The summed E-state index contributed by atoms with van der Waals surface area (Å²) in [5.41, 5.74) is 5.33. The molecule has 0 spiro atoms. The van der Waals surface area contributed by atoms with Crippen molar-refractivity contribution in [3.63, 3.8) is 0 Å². The van der Waals surface area contributed by atoms with E-state index in [1.165, 1.54) is 11.2 Å². The number of carbonyl (C=O) groups excluding carboxylic acids is 1. The normalized spacial score (nSPS) is 19.5. The molecule has 1 aliphatic heterocycles. The minimum atomic E-state index is -3.60. The molecule has 1 saturated heterocycles. The Kier molecular flexibility index (Phi) is 10.3. The number of nitrogens with one attached hydrogen (secondary N) is 2. The number of hydrogen-bond donors (Lipinski definition) is 3. The molecule has 0 aromatic heterocycles. The van der Waals surface area contributed by atoms with Gasteiger partial charge < -0.3 is 11.1 Å². The van der Waals surface area contributed by atoms with E-state index in [4.69, 9.17) is 5.73 Å². The maximum atomic E-state index is 12.3. The van der Waals surface area contributed by atoms with Crippen LogP contribution in [0.4, 0.5) is 0 Å². The van der Waals surface area contributed by atoms with Crippen LogP contribution < -0.4 is 15.8 Å². The smallest absolute Gasteiger partial charge is 0.224 e. The first-order valence-electron chi connectivity index (χ1n) is 7.64.